The highest BCUT2D eigenvalue weighted by atomic mass is 16.5. The Balaban J connectivity index is 1.33. The summed E-state index contributed by atoms with van der Waals surface area (Å²) in [6, 6.07) is 18.5. The minimum atomic E-state index is -0.612. The number of rotatable bonds is 7. The van der Waals surface area contributed by atoms with Gasteiger partial charge in [-0.15, -0.1) is 0 Å². The lowest BCUT2D eigenvalue weighted by Crippen LogP contribution is -2.46. The van der Waals surface area contributed by atoms with Crippen molar-refractivity contribution in [3.05, 3.63) is 71.9 Å². The van der Waals surface area contributed by atoms with Gasteiger partial charge >= 0.3 is 0 Å². The van der Waals surface area contributed by atoms with Gasteiger partial charge in [-0.1, -0.05) is 23.4 Å². The van der Waals surface area contributed by atoms with E-state index in [4.69, 9.17) is 14.0 Å². The van der Waals surface area contributed by atoms with Crippen LogP contribution in [-0.4, -0.2) is 48.1 Å². The molecule has 0 radical (unpaired) electrons. The smallest absolute Gasteiger partial charge is 0.251 e. The lowest BCUT2D eigenvalue weighted by Gasteiger charge is -2.33. The van der Waals surface area contributed by atoms with Crippen LogP contribution < -0.4 is 10.1 Å². The molecule has 1 aromatic heterocycles. The lowest BCUT2D eigenvalue weighted by atomic mass is 9.98. The molecule has 4 rings (SSSR count). The molecule has 162 valence electrons. The molecule has 0 unspecified atom stereocenters. The fourth-order valence-corrected chi connectivity index (χ4v) is 3.70. The van der Waals surface area contributed by atoms with Crippen molar-refractivity contribution < 1.29 is 23.9 Å². The quantitative estimate of drug-likeness (QED) is 0.607. The van der Waals surface area contributed by atoms with E-state index in [1.54, 1.807) is 19.2 Å². The average molecular weight is 422 g/mol. The van der Waals surface area contributed by atoms with Crippen LogP contribution in [0.5, 0.6) is 5.75 Å². The van der Waals surface area contributed by atoms with Gasteiger partial charge in [0, 0.05) is 30.2 Å². The molecule has 2 N–H and O–H groups in total. The number of aliphatic hydroxyl groups excluding tert-OH is 1. The summed E-state index contributed by atoms with van der Waals surface area (Å²) in [5.74, 6) is 1.28. The Morgan fingerprint density at radius 3 is 2.68 bits per heavy atom. The molecule has 0 aliphatic carbocycles. The maximum atomic E-state index is 12.3. The van der Waals surface area contributed by atoms with Crippen LogP contribution in [0.4, 0.5) is 0 Å². The third-order valence-electron chi connectivity index (χ3n) is 5.45. The number of aromatic nitrogens is 1. The first-order valence-corrected chi connectivity index (χ1v) is 10.4. The van der Waals surface area contributed by atoms with Crippen LogP contribution in [0.15, 0.2) is 65.2 Å². The number of benzene rings is 2. The predicted molar refractivity (Wildman–Crippen MR) is 115 cm³/mol. The Hall–Kier alpha value is -3.16. The van der Waals surface area contributed by atoms with Crippen LogP contribution in [0.2, 0.25) is 0 Å². The average Bonchev–Trinajstić information content (AvgIpc) is 3.28. The number of carbonyl (C=O) groups excluding carboxylic acids is 1. The van der Waals surface area contributed by atoms with Gasteiger partial charge in [0.05, 0.1) is 25.0 Å². The number of nitrogens with zero attached hydrogens (tertiary/aromatic N) is 1. The first-order valence-electron chi connectivity index (χ1n) is 10.4. The molecule has 3 aromatic rings. The number of hydrogen-bond donors (Lipinski definition) is 2. The molecule has 2 heterocycles. The zero-order valence-corrected chi connectivity index (χ0v) is 17.4. The van der Waals surface area contributed by atoms with Crippen molar-refractivity contribution in [2.75, 3.05) is 13.7 Å². The third kappa shape index (κ3) is 5.31. The molecule has 0 bridgehead atoms. The minimum Gasteiger partial charge on any atom is -0.497 e. The predicted octanol–water partition coefficient (Wildman–Crippen LogP) is 3.23. The SMILES string of the molecule is COc1ccc(-c2cc(C[C@@H]3CC[C@H](O)[C@@H](CNC(=O)c4ccccc4)O3)no2)cc1. The fourth-order valence-electron chi connectivity index (χ4n) is 3.70. The molecular formula is C24H26N2O5. The van der Waals surface area contributed by atoms with E-state index >= 15 is 0 Å². The van der Waals surface area contributed by atoms with Crippen LogP contribution >= 0.6 is 0 Å². The Morgan fingerprint density at radius 1 is 1.16 bits per heavy atom. The molecule has 1 amide bonds. The largest absolute Gasteiger partial charge is 0.497 e. The summed E-state index contributed by atoms with van der Waals surface area (Å²) >= 11 is 0. The molecule has 7 heteroatoms. The van der Waals surface area contributed by atoms with Crippen LogP contribution in [0.3, 0.4) is 0 Å². The van der Waals surface area contributed by atoms with E-state index in [0.717, 1.165) is 23.4 Å². The second kappa shape index (κ2) is 9.76. The number of hydrogen-bond acceptors (Lipinski definition) is 6. The highest BCUT2D eigenvalue weighted by Crippen LogP contribution is 2.26. The molecule has 2 aromatic carbocycles. The van der Waals surface area contributed by atoms with Crippen molar-refractivity contribution >= 4 is 5.91 Å². The van der Waals surface area contributed by atoms with Gasteiger partial charge in [-0.05, 0) is 49.2 Å². The normalized spacial score (nSPS) is 20.9. The maximum absolute atomic E-state index is 12.3. The zero-order valence-electron chi connectivity index (χ0n) is 17.4. The summed E-state index contributed by atoms with van der Waals surface area (Å²) in [5.41, 5.74) is 2.29. The number of ether oxygens (including phenoxy) is 2. The first kappa shape index (κ1) is 21.1. The number of aliphatic hydroxyl groups is 1. The summed E-state index contributed by atoms with van der Waals surface area (Å²) < 4.78 is 16.7. The highest BCUT2D eigenvalue weighted by molar-refractivity contribution is 5.94. The van der Waals surface area contributed by atoms with Crippen molar-refractivity contribution in [2.24, 2.45) is 0 Å². The van der Waals surface area contributed by atoms with E-state index in [1.165, 1.54) is 0 Å². The topological polar surface area (TPSA) is 93.8 Å². The molecule has 0 saturated carbocycles. The number of carbonyl (C=O) groups is 1. The standard InChI is InChI=1S/C24H26N2O5/c1-29-19-9-7-16(8-10-19)22-14-18(26-31-22)13-20-11-12-21(27)23(30-20)15-25-24(28)17-5-3-2-4-6-17/h2-10,14,20-21,23,27H,11-13,15H2,1H3,(H,25,28)/t20-,21-,23+/m0/s1. The van der Waals surface area contributed by atoms with Gasteiger partial charge in [-0.2, -0.15) is 0 Å². The molecule has 7 nitrogen and oxygen atoms in total. The molecule has 31 heavy (non-hydrogen) atoms. The van der Waals surface area contributed by atoms with Crippen molar-refractivity contribution in [3.63, 3.8) is 0 Å². The summed E-state index contributed by atoms with van der Waals surface area (Å²) in [4.78, 5) is 12.3. The van der Waals surface area contributed by atoms with Gasteiger partial charge < -0.3 is 24.4 Å². The van der Waals surface area contributed by atoms with Crippen LogP contribution in [0.25, 0.3) is 11.3 Å². The van der Waals surface area contributed by atoms with Crippen LogP contribution in [0, 0.1) is 0 Å². The molecule has 1 aliphatic rings. The van der Waals surface area contributed by atoms with Crippen molar-refractivity contribution in [2.45, 2.75) is 37.6 Å². The highest BCUT2D eigenvalue weighted by Gasteiger charge is 2.31. The Morgan fingerprint density at radius 2 is 1.94 bits per heavy atom. The van der Waals surface area contributed by atoms with Gasteiger partial charge in [-0.3, -0.25) is 4.79 Å². The third-order valence-corrected chi connectivity index (χ3v) is 5.45. The van der Waals surface area contributed by atoms with E-state index in [0.29, 0.717) is 24.2 Å². The molecule has 0 spiro atoms. The number of nitrogens with one attached hydrogen (secondary N) is 1. The van der Waals surface area contributed by atoms with E-state index < -0.39 is 12.2 Å². The second-order valence-electron chi connectivity index (χ2n) is 7.63. The van der Waals surface area contributed by atoms with Gasteiger partial charge in [0.15, 0.2) is 5.76 Å². The Bertz CT molecular complexity index is 987. The van der Waals surface area contributed by atoms with Crippen LogP contribution in [-0.2, 0) is 11.2 Å². The van der Waals surface area contributed by atoms with Crippen molar-refractivity contribution in [1.29, 1.82) is 0 Å². The van der Waals surface area contributed by atoms with Crippen molar-refractivity contribution in [1.82, 2.24) is 10.5 Å². The van der Waals surface area contributed by atoms with Gasteiger partial charge in [0.1, 0.15) is 11.9 Å². The second-order valence-corrected chi connectivity index (χ2v) is 7.63. The fraction of sp³-hybridized carbons (Fsp3) is 0.333. The van der Waals surface area contributed by atoms with E-state index in [1.807, 2.05) is 48.5 Å². The van der Waals surface area contributed by atoms with Gasteiger partial charge in [-0.25, -0.2) is 0 Å². The van der Waals surface area contributed by atoms with Crippen molar-refractivity contribution in [3.8, 4) is 17.1 Å². The first-order chi connectivity index (χ1) is 15.1. The maximum Gasteiger partial charge on any atom is 0.251 e. The molecule has 1 saturated heterocycles. The molecule has 3 atom stereocenters. The summed E-state index contributed by atoms with van der Waals surface area (Å²) in [6.07, 6.45) is 0.735. The monoisotopic (exact) mass is 422 g/mol. The zero-order chi connectivity index (χ0) is 21.6. The van der Waals surface area contributed by atoms with E-state index in [-0.39, 0.29) is 18.6 Å². The van der Waals surface area contributed by atoms with Gasteiger partial charge in [0.25, 0.3) is 5.91 Å². The minimum absolute atomic E-state index is 0.101. The molecule has 1 fully saturated rings. The summed E-state index contributed by atoms with van der Waals surface area (Å²) in [6.45, 7) is 0.251. The van der Waals surface area contributed by atoms with E-state index in [9.17, 15) is 9.90 Å². The number of methoxy groups -OCH3 is 1. The Labute approximate surface area is 181 Å². The van der Waals surface area contributed by atoms with Gasteiger partial charge in [0.2, 0.25) is 0 Å². The summed E-state index contributed by atoms with van der Waals surface area (Å²) in [5, 5.41) is 17.3. The Kier molecular flexibility index (Phi) is 6.64. The molecule has 1 aliphatic heterocycles. The molecular weight excluding hydrogens is 396 g/mol. The lowest BCUT2D eigenvalue weighted by molar-refractivity contribution is -0.114. The van der Waals surface area contributed by atoms with E-state index in [2.05, 4.69) is 10.5 Å². The summed E-state index contributed by atoms with van der Waals surface area (Å²) in [7, 11) is 1.63. The van der Waals surface area contributed by atoms with Crippen LogP contribution in [0.1, 0.15) is 28.9 Å². The number of amides is 1.